The number of benzene rings is 3. The SMILES string of the molecule is NC(N)=NCC1CCC(CN(C(=O)c2ccccc2)C(c2ccc(F)cc2)c2ccc(F)cc2)CC1. The standard InChI is InChI=1S/C29H32F2N4O/c30-25-14-10-22(11-15-25)27(23-12-16-26(31)17-13-23)35(28(36)24-4-2-1-3-5-24)19-21-8-6-20(7-9-21)18-34-29(32)33/h1-5,10-17,20-21,27H,6-9,18-19H2,(H4,32,33,34). The summed E-state index contributed by atoms with van der Waals surface area (Å²) in [4.78, 5) is 19.9. The van der Waals surface area contributed by atoms with Crippen LogP contribution in [-0.4, -0.2) is 29.9 Å². The summed E-state index contributed by atoms with van der Waals surface area (Å²) in [5.74, 6) is 0.00600. The van der Waals surface area contributed by atoms with Crippen LogP contribution in [0.2, 0.25) is 0 Å². The number of rotatable bonds is 8. The molecule has 1 aliphatic rings. The molecule has 0 atom stereocenters. The second kappa shape index (κ2) is 11.8. The molecule has 1 aliphatic carbocycles. The van der Waals surface area contributed by atoms with E-state index in [0.29, 0.717) is 24.6 Å². The fraction of sp³-hybridized carbons (Fsp3) is 0.310. The lowest BCUT2D eigenvalue weighted by Crippen LogP contribution is -2.40. The number of carbonyl (C=O) groups is 1. The van der Waals surface area contributed by atoms with Crippen molar-refractivity contribution < 1.29 is 13.6 Å². The van der Waals surface area contributed by atoms with Gasteiger partial charge in [0, 0.05) is 18.7 Å². The van der Waals surface area contributed by atoms with Gasteiger partial charge in [0.2, 0.25) is 0 Å². The van der Waals surface area contributed by atoms with E-state index in [1.54, 1.807) is 36.4 Å². The zero-order valence-electron chi connectivity index (χ0n) is 20.2. The molecule has 3 aromatic carbocycles. The summed E-state index contributed by atoms with van der Waals surface area (Å²) in [5, 5.41) is 0. The van der Waals surface area contributed by atoms with Crippen LogP contribution < -0.4 is 11.5 Å². The topological polar surface area (TPSA) is 84.7 Å². The zero-order chi connectivity index (χ0) is 25.5. The maximum Gasteiger partial charge on any atom is 0.254 e. The van der Waals surface area contributed by atoms with Gasteiger partial charge in [-0.2, -0.15) is 0 Å². The Hall–Kier alpha value is -3.74. The summed E-state index contributed by atoms with van der Waals surface area (Å²) < 4.78 is 27.6. The third kappa shape index (κ3) is 6.47. The summed E-state index contributed by atoms with van der Waals surface area (Å²) in [6, 6.07) is 21.0. The maximum atomic E-state index is 13.9. The quantitative estimate of drug-likeness (QED) is 0.333. The molecule has 0 heterocycles. The molecule has 0 aliphatic heterocycles. The normalized spacial score (nSPS) is 17.5. The van der Waals surface area contributed by atoms with Crippen LogP contribution in [0.3, 0.4) is 0 Å². The Morgan fingerprint density at radius 3 is 1.81 bits per heavy atom. The van der Waals surface area contributed by atoms with Gasteiger partial charge in [0.25, 0.3) is 5.91 Å². The Bertz CT molecular complexity index is 1110. The predicted octanol–water partition coefficient (Wildman–Crippen LogP) is 5.28. The van der Waals surface area contributed by atoms with Gasteiger partial charge in [-0.25, -0.2) is 8.78 Å². The molecule has 4 rings (SSSR count). The van der Waals surface area contributed by atoms with Crippen LogP contribution in [0.25, 0.3) is 0 Å². The molecular weight excluding hydrogens is 458 g/mol. The highest BCUT2D eigenvalue weighted by molar-refractivity contribution is 5.94. The van der Waals surface area contributed by atoms with Gasteiger partial charge in [0.05, 0.1) is 6.04 Å². The number of hydrogen-bond acceptors (Lipinski definition) is 2. The second-order valence-corrected chi connectivity index (χ2v) is 9.48. The van der Waals surface area contributed by atoms with E-state index >= 15 is 0 Å². The lowest BCUT2D eigenvalue weighted by atomic mass is 9.81. The fourth-order valence-corrected chi connectivity index (χ4v) is 5.00. The molecule has 0 spiro atoms. The molecular formula is C29H32F2N4O. The number of halogens is 2. The largest absolute Gasteiger partial charge is 0.370 e. The van der Waals surface area contributed by atoms with E-state index in [-0.39, 0.29) is 29.4 Å². The van der Waals surface area contributed by atoms with Crippen molar-refractivity contribution in [3.05, 3.63) is 107 Å². The van der Waals surface area contributed by atoms with E-state index < -0.39 is 6.04 Å². The van der Waals surface area contributed by atoms with Crippen LogP contribution >= 0.6 is 0 Å². The van der Waals surface area contributed by atoms with Gasteiger partial charge in [-0.3, -0.25) is 9.79 Å². The summed E-state index contributed by atoms with van der Waals surface area (Å²) in [5.41, 5.74) is 13.1. The molecule has 5 nitrogen and oxygen atoms in total. The van der Waals surface area contributed by atoms with Crippen LogP contribution in [0.4, 0.5) is 8.78 Å². The minimum absolute atomic E-state index is 0.109. The molecule has 1 saturated carbocycles. The number of nitrogens with two attached hydrogens (primary N) is 2. The zero-order valence-corrected chi connectivity index (χ0v) is 20.2. The van der Waals surface area contributed by atoms with Crippen molar-refractivity contribution in [3.8, 4) is 0 Å². The minimum atomic E-state index is -0.488. The first-order valence-corrected chi connectivity index (χ1v) is 12.3. The third-order valence-corrected chi connectivity index (χ3v) is 6.92. The average molecular weight is 491 g/mol. The second-order valence-electron chi connectivity index (χ2n) is 9.48. The lowest BCUT2D eigenvalue weighted by molar-refractivity contribution is 0.0646. The van der Waals surface area contributed by atoms with Crippen molar-refractivity contribution in [2.45, 2.75) is 31.7 Å². The van der Waals surface area contributed by atoms with Gasteiger partial charge in [0.15, 0.2) is 5.96 Å². The monoisotopic (exact) mass is 490 g/mol. The molecule has 7 heteroatoms. The fourth-order valence-electron chi connectivity index (χ4n) is 5.00. The van der Waals surface area contributed by atoms with Gasteiger partial charge in [-0.1, -0.05) is 42.5 Å². The number of guanidine groups is 1. The highest BCUT2D eigenvalue weighted by Crippen LogP contribution is 2.35. The van der Waals surface area contributed by atoms with Gasteiger partial charge in [-0.15, -0.1) is 0 Å². The van der Waals surface area contributed by atoms with Crippen LogP contribution in [0.5, 0.6) is 0 Å². The molecule has 1 amide bonds. The van der Waals surface area contributed by atoms with E-state index in [4.69, 9.17) is 11.5 Å². The van der Waals surface area contributed by atoms with Gasteiger partial charge < -0.3 is 16.4 Å². The third-order valence-electron chi connectivity index (χ3n) is 6.92. The molecule has 0 aromatic heterocycles. The van der Waals surface area contributed by atoms with Crippen LogP contribution in [0.15, 0.2) is 83.9 Å². The van der Waals surface area contributed by atoms with E-state index in [9.17, 15) is 13.6 Å². The number of amides is 1. The highest BCUT2D eigenvalue weighted by atomic mass is 19.1. The first kappa shape index (κ1) is 25.4. The molecule has 36 heavy (non-hydrogen) atoms. The lowest BCUT2D eigenvalue weighted by Gasteiger charge is -2.37. The van der Waals surface area contributed by atoms with E-state index in [1.165, 1.54) is 24.3 Å². The van der Waals surface area contributed by atoms with Crippen molar-refractivity contribution in [1.29, 1.82) is 0 Å². The van der Waals surface area contributed by atoms with Crippen molar-refractivity contribution in [3.63, 3.8) is 0 Å². The molecule has 188 valence electrons. The molecule has 1 fully saturated rings. The minimum Gasteiger partial charge on any atom is -0.370 e. The van der Waals surface area contributed by atoms with Gasteiger partial charge in [-0.05, 0) is 85.0 Å². The number of hydrogen-bond donors (Lipinski definition) is 2. The Kier molecular flexibility index (Phi) is 8.31. The molecule has 0 saturated heterocycles. The molecule has 4 N–H and O–H groups in total. The maximum absolute atomic E-state index is 13.9. The van der Waals surface area contributed by atoms with E-state index in [0.717, 1.165) is 36.8 Å². The van der Waals surface area contributed by atoms with Crippen molar-refractivity contribution in [1.82, 2.24) is 4.90 Å². The smallest absolute Gasteiger partial charge is 0.254 e. The number of aliphatic imine (C=N–C) groups is 1. The van der Waals surface area contributed by atoms with Crippen molar-refractivity contribution in [2.75, 3.05) is 13.1 Å². The van der Waals surface area contributed by atoms with Gasteiger partial charge in [0.1, 0.15) is 11.6 Å². The number of carbonyl (C=O) groups excluding carboxylic acids is 1. The van der Waals surface area contributed by atoms with Crippen molar-refractivity contribution >= 4 is 11.9 Å². The Morgan fingerprint density at radius 2 is 1.31 bits per heavy atom. The summed E-state index contributed by atoms with van der Waals surface area (Å²) in [7, 11) is 0. The highest BCUT2D eigenvalue weighted by Gasteiger charge is 2.31. The Balaban J connectivity index is 1.66. The molecule has 3 aromatic rings. The van der Waals surface area contributed by atoms with E-state index in [1.807, 2.05) is 23.1 Å². The molecule has 0 radical (unpaired) electrons. The average Bonchev–Trinajstić information content (AvgIpc) is 2.90. The Morgan fingerprint density at radius 1 is 0.806 bits per heavy atom. The van der Waals surface area contributed by atoms with Crippen molar-refractivity contribution in [2.24, 2.45) is 28.3 Å². The summed E-state index contributed by atoms with van der Waals surface area (Å²) in [6.45, 7) is 1.15. The van der Waals surface area contributed by atoms with Crippen LogP contribution in [-0.2, 0) is 0 Å². The first-order valence-electron chi connectivity index (χ1n) is 12.3. The first-order chi connectivity index (χ1) is 17.4. The van der Waals surface area contributed by atoms with Crippen LogP contribution in [0.1, 0.15) is 53.2 Å². The van der Waals surface area contributed by atoms with E-state index in [2.05, 4.69) is 4.99 Å². The Labute approximate surface area is 210 Å². The summed E-state index contributed by atoms with van der Waals surface area (Å²) >= 11 is 0. The summed E-state index contributed by atoms with van der Waals surface area (Å²) in [6.07, 6.45) is 3.85. The molecule has 0 unspecified atom stereocenters. The predicted molar refractivity (Wildman–Crippen MR) is 138 cm³/mol. The van der Waals surface area contributed by atoms with Crippen LogP contribution in [0, 0.1) is 23.5 Å². The molecule has 0 bridgehead atoms. The number of nitrogens with zero attached hydrogens (tertiary/aromatic N) is 2. The van der Waals surface area contributed by atoms with Gasteiger partial charge >= 0.3 is 0 Å².